The molecule has 6 nitrogen and oxygen atoms in total. The summed E-state index contributed by atoms with van der Waals surface area (Å²) in [6.45, 7) is 0.783. The Balaban J connectivity index is 1.69. The van der Waals surface area contributed by atoms with Crippen molar-refractivity contribution in [3.63, 3.8) is 0 Å². The number of benzene rings is 1. The highest BCUT2D eigenvalue weighted by Crippen LogP contribution is 2.15. The van der Waals surface area contributed by atoms with Gasteiger partial charge in [0.25, 0.3) is 0 Å². The van der Waals surface area contributed by atoms with Crippen molar-refractivity contribution >= 4 is 11.3 Å². The van der Waals surface area contributed by atoms with E-state index in [0.29, 0.717) is 11.5 Å². The molecule has 0 bridgehead atoms. The van der Waals surface area contributed by atoms with Gasteiger partial charge in [-0.25, -0.2) is 9.50 Å². The molecular weight excluding hydrogens is 278 g/mol. The summed E-state index contributed by atoms with van der Waals surface area (Å²) in [6.07, 6.45) is 2.28. The maximum Gasteiger partial charge on any atom is 0.153 e. The average Bonchev–Trinajstić information content (AvgIpc) is 2.99. The molecular formula is C16H15N5O. The average molecular weight is 293 g/mol. The Morgan fingerprint density at radius 1 is 1.14 bits per heavy atom. The van der Waals surface area contributed by atoms with Gasteiger partial charge >= 0.3 is 0 Å². The third kappa shape index (κ3) is 2.75. The second-order valence-electron chi connectivity index (χ2n) is 4.89. The first-order valence-electron chi connectivity index (χ1n) is 6.97. The summed E-state index contributed by atoms with van der Waals surface area (Å²) < 4.78 is 1.57. The zero-order valence-corrected chi connectivity index (χ0v) is 11.9. The van der Waals surface area contributed by atoms with E-state index in [2.05, 4.69) is 21.5 Å². The molecule has 6 heteroatoms. The van der Waals surface area contributed by atoms with Gasteiger partial charge in [-0.15, -0.1) is 0 Å². The van der Waals surface area contributed by atoms with Crippen LogP contribution in [0.2, 0.25) is 0 Å². The Labute approximate surface area is 127 Å². The van der Waals surface area contributed by atoms with Crippen molar-refractivity contribution in [2.75, 3.05) is 11.9 Å². The molecule has 0 fully saturated rings. The summed E-state index contributed by atoms with van der Waals surface area (Å²) in [5, 5.41) is 25.4. The van der Waals surface area contributed by atoms with E-state index in [1.54, 1.807) is 10.6 Å². The smallest absolute Gasteiger partial charge is 0.153 e. The van der Waals surface area contributed by atoms with Gasteiger partial charge in [0.1, 0.15) is 23.6 Å². The van der Waals surface area contributed by atoms with E-state index in [1.165, 1.54) is 11.9 Å². The number of nitriles is 1. The summed E-state index contributed by atoms with van der Waals surface area (Å²) >= 11 is 0. The van der Waals surface area contributed by atoms with Crippen molar-refractivity contribution in [2.24, 2.45) is 0 Å². The van der Waals surface area contributed by atoms with E-state index in [0.717, 1.165) is 24.0 Å². The van der Waals surface area contributed by atoms with Crippen molar-refractivity contribution in [3.05, 3.63) is 59.5 Å². The largest absolute Gasteiger partial charge is 0.392 e. The highest BCUT2D eigenvalue weighted by molar-refractivity contribution is 5.68. The number of aliphatic hydroxyl groups is 1. The molecule has 0 amide bonds. The fourth-order valence-corrected chi connectivity index (χ4v) is 2.29. The molecule has 3 aromatic rings. The minimum atomic E-state index is 0.0624. The Hall–Kier alpha value is -2.91. The quantitative estimate of drug-likeness (QED) is 0.748. The number of aromatic nitrogens is 3. The maximum atomic E-state index is 9.02. The molecule has 0 aliphatic rings. The SMILES string of the molecule is N#Cc1ccc2c(NCCc3ccc(CO)cc3)ncnn12. The predicted molar refractivity (Wildman–Crippen MR) is 82.3 cm³/mol. The van der Waals surface area contributed by atoms with Crippen LogP contribution in [0.3, 0.4) is 0 Å². The van der Waals surface area contributed by atoms with Crippen molar-refractivity contribution in [2.45, 2.75) is 13.0 Å². The van der Waals surface area contributed by atoms with Gasteiger partial charge in [-0.05, 0) is 29.7 Å². The highest BCUT2D eigenvalue weighted by atomic mass is 16.3. The molecule has 0 unspecified atom stereocenters. The van der Waals surface area contributed by atoms with Crippen LogP contribution in [-0.2, 0) is 13.0 Å². The maximum absolute atomic E-state index is 9.02. The molecule has 2 aromatic heterocycles. The van der Waals surface area contributed by atoms with Crippen LogP contribution in [0.1, 0.15) is 16.8 Å². The molecule has 0 saturated heterocycles. The van der Waals surface area contributed by atoms with E-state index in [1.807, 2.05) is 30.3 Å². The molecule has 0 radical (unpaired) electrons. The van der Waals surface area contributed by atoms with Crippen LogP contribution in [-0.4, -0.2) is 26.2 Å². The molecule has 0 spiro atoms. The number of hydrogen-bond acceptors (Lipinski definition) is 5. The lowest BCUT2D eigenvalue weighted by Gasteiger charge is -2.07. The van der Waals surface area contributed by atoms with Crippen LogP contribution in [0.4, 0.5) is 5.82 Å². The fraction of sp³-hybridized carbons (Fsp3) is 0.188. The standard InChI is InChI=1S/C16H15N5O/c17-9-14-5-6-15-16(19-11-20-21(14)15)18-8-7-12-1-3-13(10-22)4-2-12/h1-6,11,22H,7-8,10H2,(H,18,19,20). The van der Waals surface area contributed by atoms with Gasteiger partial charge in [0.15, 0.2) is 5.82 Å². The molecule has 0 atom stereocenters. The van der Waals surface area contributed by atoms with E-state index in [4.69, 9.17) is 10.4 Å². The number of anilines is 1. The number of nitrogens with one attached hydrogen (secondary N) is 1. The van der Waals surface area contributed by atoms with E-state index in [-0.39, 0.29) is 6.61 Å². The zero-order chi connectivity index (χ0) is 15.4. The van der Waals surface area contributed by atoms with Crippen LogP contribution in [0.25, 0.3) is 5.52 Å². The third-order valence-electron chi connectivity index (χ3n) is 3.48. The Morgan fingerprint density at radius 2 is 1.91 bits per heavy atom. The van der Waals surface area contributed by atoms with Crippen LogP contribution in [0, 0.1) is 11.3 Å². The number of rotatable bonds is 5. The Bertz CT molecular complexity index is 817. The molecule has 22 heavy (non-hydrogen) atoms. The first-order valence-corrected chi connectivity index (χ1v) is 6.97. The topological polar surface area (TPSA) is 86.2 Å². The molecule has 110 valence electrons. The summed E-state index contributed by atoms with van der Waals surface area (Å²) in [5.74, 6) is 0.712. The number of nitrogens with zero attached hydrogens (tertiary/aromatic N) is 4. The van der Waals surface area contributed by atoms with Gasteiger partial charge in [0.05, 0.1) is 6.61 Å². The lowest BCUT2D eigenvalue weighted by molar-refractivity contribution is 0.282. The van der Waals surface area contributed by atoms with Gasteiger partial charge in [0, 0.05) is 6.54 Å². The number of fused-ring (bicyclic) bond motifs is 1. The van der Waals surface area contributed by atoms with Crippen molar-refractivity contribution in [1.82, 2.24) is 14.6 Å². The second-order valence-corrected chi connectivity index (χ2v) is 4.89. The fourth-order valence-electron chi connectivity index (χ4n) is 2.29. The molecule has 0 aliphatic carbocycles. The lowest BCUT2D eigenvalue weighted by Crippen LogP contribution is -2.08. The van der Waals surface area contributed by atoms with Gasteiger partial charge < -0.3 is 10.4 Å². The monoisotopic (exact) mass is 293 g/mol. The number of hydrogen-bond donors (Lipinski definition) is 2. The predicted octanol–water partition coefficient (Wildman–Crippen LogP) is 1.75. The normalized spacial score (nSPS) is 10.5. The summed E-state index contributed by atoms with van der Waals surface area (Å²) in [4.78, 5) is 4.23. The zero-order valence-electron chi connectivity index (χ0n) is 11.9. The first kappa shape index (κ1) is 14.0. The lowest BCUT2D eigenvalue weighted by atomic mass is 10.1. The minimum Gasteiger partial charge on any atom is -0.392 e. The van der Waals surface area contributed by atoms with E-state index >= 15 is 0 Å². The molecule has 1 aromatic carbocycles. The van der Waals surface area contributed by atoms with Crippen molar-refractivity contribution in [3.8, 4) is 6.07 Å². The van der Waals surface area contributed by atoms with Crippen LogP contribution >= 0.6 is 0 Å². The number of aliphatic hydroxyl groups excluding tert-OH is 1. The van der Waals surface area contributed by atoms with Crippen LogP contribution < -0.4 is 5.32 Å². The molecule has 2 N–H and O–H groups in total. The van der Waals surface area contributed by atoms with Gasteiger partial charge in [0.2, 0.25) is 0 Å². The minimum absolute atomic E-state index is 0.0624. The van der Waals surface area contributed by atoms with Crippen molar-refractivity contribution in [1.29, 1.82) is 5.26 Å². The molecule has 3 rings (SSSR count). The molecule has 0 saturated carbocycles. The third-order valence-corrected chi connectivity index (χ3v) is 3.48. The van der Waals surface area contributed by atoms with Crippen LogP contribution in [0.15, 0.2) is 42.7 Å². The van der Waals surface area contributed by atoms with Gasteiger partial charge in [-0.1, -0.05) is 24.3 Å². The van der Waals surface area contributed by atoms with Crippen LogP contribution in [0.5, 0.6) is 0 Å². The van der Waals surface area contributed by atoms with E-state index in [9.17, 15) is 0 Å². The van der Waals surface area contributed by atoms with Gasteiger partial charge in [-0.2, -0.15) is 10.4 Å². The Kier molecular flexibility index (Phi) is 3.99. The summed E-state index contributed by atoms with van der Waals surface area (Å²) in [5.41, 5.74) is 3.36. The molecule has 2 heterocycles. The highest BCUT2D eigenvalue weighted by Gasteiger charge is 2.07. The van der Waals surface area contributed by atoms with Crippen molar-refractivity contribution < 1.29 is 5.11 Å². The summed E-state index contributed by atoms with van der Waals surface area (Å²) in [6, 6.07) is 13.5. The second kappa shape index (κ2) is 6.24. The first-order chi connectivity index (χ1) is 10.8. The Morgan fingerprint density at radius 3 is 2.64 bits per heavy atom. The van der Waals surface area contributed by atoms with Gasteiger partial charge in [-0.3, -0.25) is 0 Å². The van der Waals surface area contributed by atoms with E-state index < -0.39 is 0 Å². The summed E-state index contributed by atoms with van der Waals surface area (Å²) in [7, 11) is 0. The molecule has 0 aliphatic heterocycles.